The van der Waals surface area contributed by atoms with Crippen LogP contribution in [0.2, 0.25) is 0 Å². The number of nitrogens with zero attached hydrogens (tertiary/aromatic N) is 2. The second kappa shape index (κ2) is 11.6. The molecule has 0 aromatic heterocycles. The SMILES string of the molecule is CCCN(CC(=O)O)CC(Cc1ccc(N)cc1)N(CC=O)CCC. The molecule has 0 heterocycles. The zero-order chi connectivity index (χ0) is 18.7. The summed E-state index contributed by atoms with van der Waals surface area (Å²) in [6, 6.07) is 7.82. The van der Waals surface area contributed by atoms with Gasteiger partial charge in [0, 0.05) is 18.3 Å². The molecule has 0 aliphatic carbocycles. The smallest absolute Gasteiger partial charge is 0.317 e. The van der Waals surface area contributed by atoms with Crippen LogP contribution in [0, 0.1) is 0 Å². The molecule has 0 saturated heterocycles. The lowest BCUT2D eigenvalue weighted by atomic mass is 10.0. The molecule has 6 heteroatoms. The number of hydrogen-bond donors (Lipinski definition) is 2. The van der Waals surface area contributed by atoms with E-state index in [4.69, 9.17) is 10.8 Å². The van der Waals surface area contributed by atoms with Gasteiger partial charge in [-0.05, 0) is 50.0 Å². The third kappa shape index (κ3) is 8.14. The van der Waals surface area contributed by atoms with Crippen LogP contribution in [0.5, 0.6) is 0 Å². The molecular weight excluding hydrogens is 318 g/mol. The highest BCUT2D eigenvalue weighted by Gasteiger charge is 2.22. The summed E-state index contributed by atoms with van der Waals surface area (Å²) in [6.45, 7) is 6.67. The van der Waals surface area contributed by atoms with Crippen LogP contribution in [0.4, 0.5) is 5.69 Å². The van der Waals surface area contributed by atoms with E-state index in [0.717, 1.165) is 49.9 Å². The van der Waals surface area contributed by atoms with Gasteiger partial charge in [-0.25, -0.2) is 0 Å². The van der Waals surface area contributed by atoms with Gasteiger partial charge < -0.3 is 15.6 Å². The molecule has 0 radical (unpaired) electrons. The lowest BCUT2D eigenvalue weighted by molar-refractivity contribution is -0.138. The zero-order valence-electron chi connectivity index (χ0n) is 15.4. The minimum absolute atomic E-state index is 0.0210. The Bertz CT molecular complexity index is 519. The third-order valence-corrected chi connectivity index (χ3v) is 4.15. The Morgan fingerprint density at radius 3 is 2.36 bits per heavy atom. The molecule has 0 fully saturated rings. The van der Waals surface area contributed by atoms with Crippen molar-refractivity contribution in [3.05, 3.63) is 29.8 Å². The Kier molecular flexibility index (Phi) is 9.80. The highest BCUT2D eigenvalue weighted by atomic mass is 16.4. The van der Waals surface area contributed by atoms with Crippen LogP contribution in [0.1, 0.15) is 32.3 Å². The van der Waals surface area contributed by atoms with Gasteiger partial charge in [0.25, 0.3) is 0 Å². The van der Waals surface area contributed by atoms with Crippen molar-refractivity contribution >= 4 is 17.9 Å². The summed E-state index contributed by atoms with van der Waals surface area (Å²) in [5.41, 5.74) is 7.61. The van der Waals surface area contributed by atoms with Crippen molar-refractivity contribution in [2.45, 2.75) is 39.2 Å². The highest BCUT2D eigenvalue weighted by molar-refractivity contribution is 5.69. The lowest BCUT2D eigenvalue weighted by Gasteiger charge is -2.34. The van der Waals surface area contributed by atoms with Gasteiger partial charge in [0.1, 0.15) is 6.29 Å². The number of benzene rings is 1. The molecular formula is C19H31N3O3. The first-order chi connectivity index (χ1) is 12.0. The maximum atomic E-state index is 11.2. The summed E-state index contributed by atoms with van der Waals surface area (Å²) >= 11 is 0. The number of aldehydes is 1. The summed E-state index contributed by atoms with van der Waals surface area (Å²) in [5, 5.41) is 9.16. The van der Waals surface area contributed by atoms with Gasteiger partial charge >= 0.3 is 5.97 Å². The fourth-order valence-electron chi connectivity index (χ4n) is 3.08. The van der Waals surface area contributed by atoms with E-state index in [1.807, 2.05) is 36.1 Å². The van der Waals surface area contributed by atoms with E-state index in [1.165, 1.54) is 0 Å². The second-order valence-electron chi connectivity index (χ2n) is 6.39. The molecule has 0 saturated carbocycles. The summed E-state index contributed by atoms with van der Waals surface area (Å²) < 4.78 is 0. The maximum Gasteiger partial charge on any atom is 0.317 e. The van der Waals surface area contributed by atoms with E-state index in [0.29, 0.717) is 13.1 Å². The maximum absolute atomic E-state index is 11.2. The number of nitrogens with two attached hydrogens (primary N) is 1. The molecule has 1 unspecified atom stereocenters. The minimum Gasteiger partial charge on any atom is -0.480 e. The van der Waals surface area contributed by atoms with Crippen molar-refractivity contribution in [1.82, 2.24) is 9.80 Å². The minimum atomic E-state index is -0.822. The quantitative estimate of drug-likeness (QED) is 0.418. The molecule has 140 valence electrons. The van der Waals surface area contributed by atoms with Crippen LogP contribution < -0.4 is 5.73 Å². The van der Waals surface area contributed by atoms with E-state index in [-0.39, 0.29) is 12.6 Å². The standard InChI is InChI=1S/C19H31N3O3/c1-3-9-21(15-19(24)25)14-18(22(10-4-2)11-12-23)13-16-5-7-17(20)8-6-16/h5-8,12,18H,3-4,9-11,13-15,20H2,1-2H3,(H,24,25). The lowest BCUT2D eigenvalue weighted by Crippen LogP contribution is -2.47. The first kappa shape index (κ1) is 21.1. The van der Waals surface area contributed by atoms with E-state index < -0.39 is 5.97 Å². The van der Waals surface area contributed by atoms with Crippen LogP contribution in [-0.4, -0.2) is 65.9 Å². The highest BCUT2D eigenvalue weighted by Crippen LogP contribution is 2.14. The molecule has 0 aliphatic heterocycles. The van der Waals surface area contributed by atoms with Crippen LogP contribution in [0.3, 0.4) is 0 Å². The van der Waals surface area contributed by atoms with Crippen molar-refractivity contribution in [1.29, 1.82) is 0 Å². The van der Waals surface area contributed by atoms with Crippen LogP contribution in [0.25, 0.3) is 0 Å². The molecule has 1 aromatic rings. The Morgan fingerprint density at radius 1 is 1.20 bits per heavy atom. The molecule has 0 amide bonds. The van der Waals surface area contributed by atoms with E-state index in [2.05, 4.69) is 11.8 Å². The topological polar surface area (TPSA) is 86.9 Å². The van der Waals surface area contributed by atoms with Gasteiger partial charge in [0.15, 0.2) is 0 Å². The summed E-state index contributed by atoms with van der Waals surface area (Å²) in [7, 11) is 0. The second-order valence-corrected chi connectivity index (χ2v) is 6.39. The first-order valence-corrected chi connectivity index (χ1v) is 8.96. The molecule has 0 spiro atoms. The van der Waals surface area contributed by atoms with Crippen LogP contribution in [-0.2, 0) is 16.0 Å². The van der Waals surface area contributed by atoms with Gasteiger partial charge in [0.05, 0.1) is 13.1 Å². The van der Waals surface area contributed by atoms with Crippen molar-refractivity contribution in [3.63, 3.8) is 0 Å². The summed E-state index contributed by atoms with van der Waals surface area (Å²) in [4.78, 5) is 26.4. The number of aliphatic carboxylic acids is 1. The normalized spacial score (nSPS) is 12.5. The molecule has 25 heavy (non-hydrogen) atoms. The molecule has 1 aromatic carbocycles. The number of carbonyl (C=O) groups excluding carboxylic acids is 1. The Morgan fingerprint density at radius 2 is 1.84 bits per heavy atom. The molecule has 0 bridgehead atoms. The number of anilines is 1. The largest absolute Gasteiger partial charge is 0.480 e. The van der Waals surface area contributed by atoms with E-state index in [1.54, 1.807) is 0 Å². The number of hydrogen-bond acceptors (Lipinski definition) is 5. The zero-order valence-corrected chi connectivity index (χ0v) is 15.4. The molecule has 0 aliphatic rings. The Labute approximate surface area is 150 Å². The van der Waals surface area contributed by atoms with Gasteiger partial charge in [-0.2, -0.15) is 0 Å². The van der Waals surface area contributed by atoms with Gasteiger partial charge in [-0.3, -0.25) is 14.6 Å². The first-order valence-electron chi connectivity index (χ1n) is 8.96. The van der Waals surface area contributed by atoms with Crippen molar-refractivity contribution in [2.24, 2.45) is 0 Å². The van der Waals surface area contributed by atoms with E-state index >= 15 is 0 Å². The average molecular weight is 349 g/mol. The Hall–Kier alpha value is -1.92. The monoisotopic (exact) mass is 349 g/mol. The number of carboxylic acid groups (broad SMARTS) is 1. The average Bonchev–Trinajstić information content (AvgIpc) is 2.55. The molecule has 1 rings (SSSR count). The predicted octanol–water partition coefficient (Wildman–Crippen LogP) is 1.89. The van der Waals surface area contributed by atoms with Gasteiger partial charge in [0.2, 0.25) is 0 Å². The van der Waals surface area contributed by atoms with Crippen molar-refractivity contribution in [3.8, 4) is 0 Å². The molecule has 1 atom stereocenters. The number of carboxylic acids is 1. The van der Waals surface area contributed by atoms with Crippen molar-refractivity contribution in [2.75, 3.05) is 38.5 Å². The molecule has 6 nitrogen and oxygen atoms in total. The fourth-order valence-corrected chi connectivity index (χ4v) is 3.08. The summed E-state index contributed by atoms with van der Waals surface area (Å²) in [5.74, 6) is -0.822. The summed E-state index contributed by atoms with van der Waals surface area (Å²) in [6.07, 6.45) is 3.52. The third-order valence-electron chi connectivity index (χ3n) is 4.15. The number of rotatable bonds is 13. The van der Waals surface area contributed by atoms with Crippen molar-refractivity contribution < 1.29 is 14.7 Å². The van der Waals surface area contributed by atoms with Gasteiger partial charge in [-0.1, -0.05) is 26.0 Å². The number of carbonyl (C=O) groups is 2. The predicted molar refractivity (Wildman–Crippen MR) is 101 cm³/mol. The van der Waals surface area contributed by atoms with Crippen LogP contribution in [0.15, 0.2) is 24.3 Å². The Balaban J connectivity index is 2.95. The fraction of sp³-hybridized carbons (Fsp3) is 0.579. The van der Waals surface area contributed by atoms with Crippen LogP contribution >= 0.6 is 0 Å². The van der Waals surface area contributed by atoms with E-state index in [9.17, 15) is 9.59 Å². The number of nitrogen functional groups attached to an aromatic ring is 1. The van der Waals surface area contributed by atoms with Gasteiger partial charge in [-0.15, -0.1) is 0 Å². The molecule has 3 N–H and O–H groups in total.